The Kier molecular flexibility index (Phi) is 4.63. The molecule has 5 rings (SSSR count). The Labute approximate surface area is 181 Å². The number of rotatable bonds is 6. The summed E-state index contributed by atoms with van der Waals surface area (Å²) in [4.78, 5) is 16.6. The maximum Gasteiger partial charge on any atom is 0.420 e. The van der Waals surface area contributed by atoms with Crippen LogP contribution in [0.4, 0.5) is 5.69 Å². The molecular weight excluding hydrogens is 444 g/mol. The van der Waals surface area contributed by atoms with E-state index < -0.39 is 15.8 Å². The van der Waals surface area contributed by atoms with Crippen LogP contribution in [0.15, 0.2) is 55.0 Å². The van der Waals surface area contributed by atoms with Gasteiger partial charge in [0.05, 0.1) is 27.7 Å². The summed E-state index contributed by atoms with van der Waals surface area (Å²) in [6.07, 6.45) is 2.05. The molecule has 0 atom stereocenters. The molecule has 160 valence electrons. The van der Waals surface area contributed by atoms with Crippen LogP contribution < -0.4 is 10.5 Å². The zero-order valence-corrected chi connectivity index (χ0v) is 17.9. The van der Waals surface area contributed by atoms with Crippen LogP contribution in [0.25, 0.3) is 11.1 Å². The molecule has 0 spiro atoms. The largest absolute Gasteiger partial charge is 0.420 e. The number of nitrogens with one attached hydrogen (secondary N) is 1. The van der Waals surface area contributed by atoms with E-state index in [1.54, 1.807) is 18.2 Å². The smallest absolute Gasteiger partial charge is 0.408 e. The number of benzene rings is 2. The topological polar surface area (TPSA) is 120 Å². The summed E-state index contributed by atoms with van der Waals surface area (Å²) >= 11 is 6.13. The third kappa shape index (κ3) is 3.84. The van der Waals surface area contributed by atoms with Gasteiger partial charge in [-0.1, -0.05) is 22.8 Å². The van der Waals surface area contributed by atoms with Gasteiger partial charge in [-0.25, -0.2) is 13.2 Å². The van der Waals surface area contributed by atoms with E-state index in [-0.39, 0.29) is 27.7 Å². The van der Waals surface area contributed by atoms with Crippen molar-refractivity contribution in [1.29, 1.82) is 0 Å². The predicted molar refractivity (Wildman–Crippen MR) is 113 cm³/mol. The molecule has 11 heteroatoms. The summed E-state index contributed by atoms with van der Waals surface area (Å²) in [6, 6.07) is 9.19. The van der Waals surface area contributed by atoms with E-state index in [0.717, 1.165) is 18.4 Å². The van der Waals surface area contributed by atoms with Gasteiger partial charge in [-0.05, 0) is 49.6 Å². The van der Waals surface area contributed by atoms with Gasteiger partial charge >= 0.3 is 5.76 Å². The van der Waals surface area contributed by atoms with Crippen molar-refractivity contribution >= 4 is 38.4 Å². The molecule has 1 N–H and O–H groups in total. The first-order chi connectivity index (χ1) is 14.8. The maximum absolute atomic E-state index is 12.8. The molecule has 31 heavy (non-hydrogen) atoms. The van der Waals surface area contributed by atoms with E-state index >= 15 is 0 Å². The number of sulfonamides is 1. The van der Waals surface area contributed by atoms with E-state index in [1.807, 2.05) is 6.92 Å². The molecule has 0 radical (unpaired) electrons. The Hall–Kier alpha value is -3.11. The van der Waals surface area contributed by atoms with E-state index in [1.165, 1.54) is 22.8 Å². The average molecular weight is 461 g/mol. The first kappa shape index (κ1) is 19.8. The summed E-state index contributed by atoms with van der Waals surface area (Å²) in [5.41, 5.74) is 1.72. The van der Waals surface area contributed by atoms with Crippen molar-refractivity contribution in [2.24, 2.45) is 0 Å². The van der Waals surface area contributed by atoms with E-state index in [0.29, 0.717) is 23.1 Å². The number of hydrogen-bond acceptors (Lipinski definition) is 7. The minimum Gasteiger partial charge on any atom is -0.408 e. The molecule has 0 aliphatic heterocycles. The monoisotopic (exact) mass is 460 g/mol. The fourth-order valence-electron chi connectivity index (χ4n) is 3.24. The van der Waals surface area contributed by atoms with Gasteiger partial charge < -0.3 is 8.94 Å². The highest BCUT2D eigenvalue weighted by molar-refractivity contribution is 7.92. The van der Waals surface area contributed by atoms with Gasteiger partial charge in [-0.2, -0.15) is 4.98 Å². The molecule has 0 unspecified atom stereocenters. The number of fused-ring (bicyclic) bond motifs is 1. The number of halogens is 1. The van der Waals surface area contributed by atoms with Crippen molar-refractivity contribution in [3.63, 3.8) is 0 Å². The standard InChI is InChI=1S/C20H17ClN4O5S/c1-11-2-6-15(14(21)8-11)24-31(27,28)13-5-7-16-17(9-13)29-20(26)25(16)10-18-22-19(30-23-18)12-3-4-12/h2,5-9,12,24H,3-4,10H2,1H3. The second-order valence-corrected chi connectivity index (χ2v) is 9.59. The lowest BCUT2D eigenvalue weighted by molar-refractivity contribution is 0.372. The molecule has 4 aromatic rings. The number of hydrogen-bond donors (Lipinski definition) is 1. The van der Waals surface area contributed by atoms with Crippen LogP contribution in [0, 0.1) is 6.92 Å². The highest BCUT2D eigenvalue weighted by atomic mass is 35.5. The van der Waals surface area contributed by atoms with Crippen LogP contribution in [0.5, 0.6) is 0 Å². The minimum absolute atomic E-state index is 0.0609. The van der Waals surface area contributed by atoms with Gasteiger partial charge in [-0.3, -0.25) is 9.29 Å². The number of anilines is 1. The zero-order valence-electron chi connectivity index (χ0n) is 16.3. The van der Waals surface area contributed by atoms with E-state index in [4.69, 9.17) is 20.5 Å². The van der Waals surface area contributed by atoms with Gasteiger partial charge in [0.2, 0.25) is 5.89 Å². The highest BCUT2D eigenvalue weighted by Gasteiger charge is 2.30. The molecule has 1 fully saturated rings. The second kappa shape index (κ2) is 7.24. The first-order valence-electron chi connectivity index (χ1n) is 9.55. The van der Waals surface area contributed by atoms with Crippen LogP contribution in [-0.4, -0.2) is 23.1 Å². The number of nitrogens with zero attached hydrogens (tertiary/aromatic N) is 3. The van der Waals surface area contributed by atoms with Crippen LogP contribution in [0.1, 0.15) is 36.0 Å². The predicted octanol–water partition coefficient (Wildman–Crippen LogP) is 3.67. The highest BCUT2D eigenvalue weighted by Crippen LogP contribution is 2.38. The fraction of sp³-hybridized carbons (Fsp3) is 0.250. The molecule has 9 nitrogen and oxygen atoms in total. The van der Waals surface area contributed by atoms with E-state index in [2.05, 4.69) is 14.9 Å². The molecule has 0 bridgehead atoms. The van der Waals surface area contributed by atoms with Crippen LogP contribution in [0.2, 0.25) is 5.02 Å². The number of aryl methyl sites for hydroxylation is 1. The maximum atomic E-state index is 12.8. The van der Waals surface area contributed by atoms with E-state index in [9.17, 15) is 13.2 Å². The SMILES string of the molecule is Cc1ccc(NS(=O)(=O)c2ccc3c(c2)oc(=O)n3Cc2noc(C3CC3)n2)c(Cl)c1. The molecule has 2 aromatic carbocycles. The average Bonchev–Trinajstić information content (AvgIpc) is 3.39. The van der Waals surface area contributed by atoms with Crippen molar-refractivity contribution < 1.29 is 17.4 Å². The van der Waals surface area contributed by atoms with Crippen molar-refractivity contribution in [2.45, 2.75) is 37.1 Å². The van der Waals surface area contributed by atoms with Gasteiger partial charge in [-0.15, -0.1) is 0 Å². The minimum atomic E-state index is -3.95. The quantitative estimate of drug-likeness (QED) is 0.466. The van der Waals surface area contributed by atoms with Crippen molar-refractivity contribution in [1.82, 2.24) is 14.7 Å². The van der Waals surface area contributed by atoms with Gasteiger partial charge in [0, 0.05) is 12.0 Å². The van der Waals surface area contributed by atoms with Gasteiger partial charge in [0.25, 0.3) is 10.0 Å². The van der Waals surface area contributed by atoms with Crippen molar-refractivity contribution in [2.75, 3.05) is 4.72 Å². The second-order valence-electron chi connectivity index (χ2n) is 7.50. The Morgan fingerprint density at radius 3 is 2.77 bits per heavy atom. The molecular formula is C20H17ClN4O5S. The fourth-order valence-corrected chi connectivity index (χ4v) is 4.67. The molecule has 1 saturated carbocycles. The van der Waals surface area contributed by atoms with Crippen molar-refractivity contribution in [3.05, 3.63) is 69.3 Å². The summed E-state index contributed by atoms with van der Waals surface area (Å²) < 4.78 is 39.9. The summed E-state index contributed by atoms with van der Waals surface area (Å²) in [6.45, 7) is 1.91. The Morgan fingerprint density at radius 2 is 2.03 bits per heavy atom. The lowest BCUT2D eigenvalue weighted by atomic mass is 10.2. The normalized spacial score (nSPS) is 14.3. The van der Waals surface area contributed by atoms with Gasteiger partial charge in [0.1, 0.15) is 0 Å². The summed E-state index contributed by atoms with van der Waals surface area (Å²) in [7, 11) is -3.95. The number of aromatic nitrogens is 3. The van der Waals surface area contributed by atoms with Crippen LogP contribution >= 0.6 is 11.6 Å². The zero-order chi connectivity index (χ0) is 21.8. The lowest BCUT2D eigenvalue weighted by Crippen LogP contribution is -2.16. The molecule has 0 amide bonds. The molecule has 1 aliphatic rings. The number of oxazole rings is 1. The Bertz CT molecular complexity index is 1470. The molecule has 2 heterocycles. The summed E-state index contributed by atoms with van der Waals surface area (Å²) in [5.74, 6) is 0.599. The third-order valence-electron chi connectivity index (χ3n) is 5.03. The molecule has 0 saturated heterocycles. The Morgan fingerprint density at radius 1 is 1.23 bits per heavy atom. The third-order valence-corrected chi connectivity index (χ3v) is 6.70. The lowest BCUT2D eigenvalue weighted by Gasteiger charge is -2.10. The summed E-state index contributed by atoms with van der Waals surface area (Å²) in [5, 5.41) is 4.20. The van der Waals surface area contributed by atoms with Crippen LogP contribution in [0.3, 0.4) is 0 Å². The van der Waals surface area contributed by atoms with Crippen LogP contribution in [-0.2, 0) is 16.6 Å². The van der Waals surface area contributed by atoms with Gasteiger partial charge in [0.15, 0.2) is 11.4 Å². The molecule has 2 aromatic heterocycles. The Balaban J connectivity index is 1.45. The first-order valence-corrected chi connectivity index (χ1v) is 11.4. The molecule has 1 aliphatic carbocycles. The van der Waals surface area contributed by atoms with Crippen molar-refractivity contribution in [3.8, 4) is 0 Å².